The molecule has 0 saturated heterocycles. The van der Waals surface area contributed by atoms with Gasteiger partial charge < -0.3 is 5.73 Å². The average Bonchev–Trinajstić information content (AvgIpc) is 2.27. The first-order valence-electron chi connectivity index (χ1n) is 5.04. The third-order valence-electron chi connectivity index (χ3n) is 2.37. The van der Waals surface area contributed by atoms with Gasteiger partial charge in [0.25, 0.3) is 0 Å². The third-order valence-corrected chi connectivity index (χ3v) is 2.83. The molecule has 2 nitrogen and oxygen atoms in total. The van der Waals surface area contributed by atoms with Crippen LogP contribution in [0.4, 0.5) is 14.5 Å². The quantitative estimate of drug-likeness (QED) is 0.681. The van der Waals surface area contributed by atoms with Crippen molar-refractivity contribution in [2.24, 2.45) is 0 Å². The summed E-state index contributed by atoms with van der Waals surface area (Å²) in [6.45, 7) is 0. The van der Waals surface area contributed by atoms with E-state index in [1.807, 2.05) is 0 Å². The molecule has 18 heavy (non-hydrogen) atoms. The maximum atomic E-state index is 13.5. The van der Waals surface area contributed by atoms with Crippen molar-refractivity contribution < 1.29 is 13.6 Å². The first kappa shape index (κ1) is 12.7. The van der Waals surface area contributed by atoms with Gasteiger partial charge in [-0.1, -0.05) is 22.0 Å². The van der Waals surface area contributed by atoms with Gasteiger partial charge in [0.05, 0.1) is 5.56 Å². The fourth-order valence-electron chi connectivity index (χ4n) is 1.60. The molecule has 2 N–H and O–H groups in total. The number of hydrogen-bond donors (Lipinski definition) is 1. The lowest BCUT2D eigenvalue weighted by atomic mass is 10.0. The first-order chi connectivity index (χ1) is 8.49. The van der Waals surface area contributed by atoms with Gasteiger partial charge in [-0.25, -0.2) is 8.78 Å². The van der Waals surface area contributed by atoms with E-state index >= 15 is 0 Å². The highest BCUT2D eigenvalue weighted by Crippen LogP contribution is 2.22. The highest BCUT2D eigenvalue weighted by atomic mass is 79.9. The SMILES string of the molecule is Nc1cc(Br)cc(C(=O)c2c(F)cccc2F)c1. The van der Waals surface area contributed by atoms with Crippen LogP contribution in [-0.4, -0.2) is 5.78 Å². The normalized spacial score (nSPS) is 10.4. The van der Waals surface area contributed by atoms with Crippen LogP contribution < -0.4 is 5.73 Å². The molecule has 0 heterocycles. The molecule has 0 atom stereocenters. The minimum absolute atomic E-state index is 0.130. The van der Waals surface area contributed by atoms with Gasteiger partial charge in [0.2, 0.25) is 0 Å². The molecule has 0 aromatic heterocycles. The Labute approximate surface area is 111 Å². The minimum Gasteiger partial charge on any atom is -0.399 e. The van der Waals surface area contributed by atoms with Gasteiger partial charge in [-0.15, -0.1) is 0 Å². The van der Waals surface area contributed by atoms with Gasteiger partial charge in [-0.3, -0.25) is 4.79 Å². The molecule has 0 fully saturated rings. The Morgan fingerprint density at radius 3 is 2.28 bits per heavy atom. The van der Waals surface area contributed by atoms with Crippen LogP contribution in [0.5, 0.6) is 0 Å². The number of carbonyl (C=O) groups excluding carboxylic acids is 1. The zero-order valence-corrected chi connectivity index (χ0v) is 10.7. The number of anilines is 1. The summed E-state index contributed by atoms with van der Waals surface area (Å²) < 4.78 is 27.5. The Bertz CT molecular complexity index is 588. The lowest BCUT2D eigenvalue weighted by Crippen LogP contribution is -2.08. The Kier molecular flexibility index (Phi) is 3.43. The Morgan fingerprint density at radius 1 is 1.11 bits per heavy atom. The van der Waals surface area contributed by atoms with Crippen molar-refractivity contribution in [3.63, 3.8) is 0 Å². The molecule has 0 saturated carbocycles. The summed E-state index contributed by atoms with van der Waals surface area (Å²) >= 11 is 3.17. The van der Waals surface area contributed by atoms with Crippen molar-refractivity contribution in [3.05, 3.63) is 63.6 Å². The lowest BCUT2D eigenvalue weighted by Gasteiger charge is -2.05. The molecule has 5 heteroatoms. The highest BCUT2D eigenvalue weighted by Gasteiger charge is 2.19. The predicted octanol–water partition coefficient (Wildman–Crippen LogP) is 3.54. The largest absolute Gasteiger partial charge is 0.399 e. The van der Waals surface area contributed by atoms with E-state index in [-0.39, 0.29) is 5.56 Å². The minimum atomic E-state index is -0.890. The summed E-state index contributed by atoms with van der Waals surface area (Å²) in [4.78, 5) is 12.0. The molecule has 2 aromatic carbocycles. The van der Waals surface area contributed by atoms with Crippen LogP contribution in [0.2, 0.25) is 0 Å². The number of nitrogens with two attached hydrogens (primary N) is 1. The van der Waals surface area contributed by atoms with E-state index in [4.69, 9.17) is 5.73 Å². The van der Waals surface area contributed by atoms with E-state index in [0.29, 0.717) is 10.2 Å². The molecule has 0 unspecified atom stereocenters. The summed E-state index contributed by atoms with van der Waals surface area (Å²) in [7, 11) is 0. The van der Waals surface area contributed by atoms with Gasteiger partial charge in [0, 0.05) is 15.7 Å². The van der Waals surface area contributed by atoms with Crippen LogP contribution in [0, 0.1) is 11.6 Å². The topological polar surface area (TPSA) is 43.1 Å². The second kappa shape index (κ2) is 4.86. The molecule has 0 bridgehead atoms. The van der Waals surface area contributed by atoms with Crippen LogP contribution >= 0.6 is 15.9 Å². The maximum Gasteiger partial charge on any atom is 0.199 e. The number of nitrogen functional groups attached to an aromatic ring is 1. The number of hydrogen-bond acceptors (Lipinski definition) is 2. The van der Waals surface area contributed by atoms with Gasteiger partial charge in [0.15, 0.2) is 5.78 Å². The van der Waals surface area contributed by atoms with E-state index < -0.39 is 23.0 Å². The summed E-state index contributed by atoms with van der Waals surface area (Å²) in [5, 5.41) is 0. The molecular weight excluding hydrogens is 304 g/mol. The Balaban J connectivity index is 2.55. The first-order valence-corrected chi connectivity index (χ1v) is 5.83. The Morgan fingerprint density at radius 2 is 1.72 bits per heavy atom. The third kappa shape index (κ3) is 2.41. The second-order valence-electron chi connectivity index (χ2n) is 3.70. The summed E-state index contributed by atoms with van der Waals surface area (Å²) in [6.07, 6.45) is 0. The Hall–Kier alpha value is -1.75. The zero-order valence-electron chi connectivity index (χ0n) is 9.08. The molecule has 0 spiro atoms. The smallest absolute Gasteiger partial charge is 0.199 e. The highest BCUT2D eigenvalue weighted by molar-refractivity contribution is 9.10. The standard InChI is InChI=1S/C13H8BrF2NO/c14-8-4-7(5-9(17)6-8)13(18)12-10(15)2-1-3-11(12)16/h1-6H,17H2. The number of carbonyl (C=O) groups is 1. The van der Waals surface area contributed by atoms with Crippen molar-refractivity contribution in [1.29, 1.82) is 0 Å². The van der Waals surface area contributed by atoms with Crippen LogP contribution in [-0.2, 0) is 0 Å². The van der Waals surface area contributed by atoms with Crippen LogP contribution in [0.15, 0.2) is 40.9 Å². The molecule has 0 aliphatic carbocycles. The van der Waals surface area contributed by atoms with E-state index in [9.17, 15) is 13.6 Å². The van der Waals surface area contributed by atoms with Crippen molar-refractivity contribution in [2.75, 3.05) is 5.73 Å². The van der Waals surface area contributed by atoms with Crippen LogP contribution in [0.25, 0.3) is 0 Å². The van der Waals surface area contributed by atoms with Crippen molar-refractivity contribution in [1.82, 2.24) is 0 Å². The van der Waals surface area contributed by atoms with Crippen molar-refractivity contribution >= 4 is 27.4 Å². The summed E-state index contributed by atoms with van der Waals surface area (Å²) in [5.41, 5.74) is 5.48. The molecule has 2 rings (SSSR count). The maximum absolute atomic E-state index is 13.5. The van der Waals surface area contributed by atoms with Gasteiger partial charge >= 0.3 is 0 Å². The molecular formula is C13H8BrF2NO. The van der Waals surface area contributed by atoms with E-state index in [1.54, 1.807) is 6.07 Å². The molecule has 0 aliphatic heterocycles. The number of ketones is 1. The predicted molar refractivity (Wildman–Crippen MR) is 68.3 cm³/mol. The number of benzene rings is 2. The second-order valence-corrected chi connectivity index (χ2v) is 4.61. The van der Waals surface area contributed by atoms with Gasteiger partial charge in [-0.05, 0) is 30.3 Å². The molecule has 2 aromatic rings. The molecule has 92 valence electrons. The summed E-state index contributed by atoms with van der Waals surface area (Å²) in [6, 6.07) is 7.71. The van der Waals surface area contributed by atoms with E-state index in [0.717, 1.165) is 12.1 Å². The number of rotatable bonds is 2. The average molecular weight is 312 g/mol. The van der Waals surface area contributed by atoms with E-state index in [1.165, 1.54) is 18.2 Å². The van der Waals surface area contributed by atoms with Gasteiger partial charge in [-0.2, -0.15) is 0 Å². The zero-order chi connectivity index (χ0) is 13.3. The van der Waals surface area contributed by atoms with Crippen molar-refractivity contribution in [3.8, 4) is 0 Å². The molecule has 0 amide bonds. The van der Waals surface area contributed by atoms with Crippen LogP contribution in [0.3, 0.4) is 0 Å². The molecule has 0 aliphatic rings. The van der Waals surface area contributed by atoms with Crippen molar-refractivity contribution in [2.45, 2.75) is 0 Å². The van der Waals surface area contributed by atoms with Crippen LogP contribution in [0.1, 0.15) is 15.9 Å². The fourth-order valence-corrected chi connectivity index (χ4v) is 2.11. The van der Waals surface area contributed by atoms with E-state index in [2.05, 4.69) is 15.9 Å². The number of halogens is 3. The lowest BCUT2D eigenvalue weighted by molar-refractivity contribution is 0.103. The summed E-state index contributed by atoms with van der Waals surface area (Å²) in [5.74, 6) is -2.52. The van der Waals surface area contributed by atoms with Gasteiger partial charge in [0.1, 0.15) is 11.6 Å². The fraction of sp³-hybridized carbons (Fsp3) is 0. The molecule has 0 radical (unpaired) electrons. The monoisotopic (exact) mass is 311 g/mol.